The third-order valence-corrected chi connectivity index (χ3v) is 7.73. The highest BCUT2D eigenvalue weighted by Gasteiger charge is 2.44. The van der Waals surface area contributed by atoms with Crippen LogP contribution in [0.1, 0.15) is 16.4 Å². The van der Waals surface area contributed by atoms with E-state index in [4.69, 9.17) is 0 Å². The van der Waals surface area contributed by atoms with E-state index in [9.17, 15) is 16.8 Å². The molecular weight excluding hydrogens is 310 g/mol. The van der Waals surface area contributed by atoms with Crippen LogP contribution in [0.15, 0.2) is 52.5 Å². The molecule has 0 aliphatic carbocycles. The molecule has 0 bridgehead atoms. The zero-order chi connectivity index (χ0) is 15.3. The highest BCUT2D eigenvalue weighted by atomic mass is 32.2. The molecule has 0 N–H and O–H groups in total. The Hall–Kier alpha value is -1.73. The topological polar surface area (TPSA) is 81.2 Å². The van der Waals surface area contributed by atoms with E-state index in [-0.39, 0.29) is 9.92 Å². The first-order valence-corrected chi connectivity index (χ1v) is 9.51. The van der Waals surface area contributed by atoms with E-state index in [2.05, 4.69) is 4.98 Å². The SMILES string of the molecule is Cc1cccc2c1S(=O)(=O)CC2S(=O)(=O)c1ccccn1. The lowest BCUT2D eigenvalue weighted by molar-refractivity contribution is 0.579. The average molecular weight is 323 g/mol. The van der Waals surface area contributed by atoms with Crippen molar-refractivity contribution in [2.75, 3.05) is 5.75 Å². The van der Waals surface area contributed by atoms with Crippen LogP contribution in [0, 0.1) is 6.92 Å². The summed E-state index contributed by atoms with van der Waals surface area (Å²) in [6.45, 7) is 1.67. The predicted octanol–water partition coefficient (Wildman–Crippen LogP) is 1.69. The molecule has 1 atom stereocenters. The fourth-order valence-electron chi connectivity index (χ4n) is 2.64. The molecule has 1 unspecified atom stereocenters. The van der Waals surface area contributed by atoms with Crippen molar-refractivity contribution >= 4 is 19.7 Å². The molecule has 2 heterocycles. The molecule has 1 aliphatic heterocycles. The van der Waals surface area contributed by atoms with Crippen LogP contribution >= 0.6 is 0 Å². The summed E-state index contributed by atoms with van der Waals surface area (Å²) in [4.78, 5) is 4.00. The maximum Gasteiger partial charge on any atom is 0.203 e. The summed E-state index contributed by atoms with van der Waals surface area (Å²) in [5.74, 6) is -0.425. The molecule has 2 aromatic rings. The van der Waals surface area contributed by atoms with Crippen LogP contribution in [0.4, 0.5) is 0 Å². The second-order valence-electron chi connectivity index (χ2n) is 4.98. The van der Waals surface area contributed by atoms with Crippen molar-refractivity contribution in [1.29, 1.82) is 0 Å². The van der Waals surface area contributed by atoms with Gasteiger partial charge in [0.05, 0.1) is 10.6 Å². The zero-order valence-corrected chi connectivity index (χ0v) is 12.9. The molecule has 7 heteroatoms. The van der Waals surface area contributed by atoms with E-state index in [0.29, 0.717) is 11.1 Å². The van der Waals surface area contributed by atoms with Crippen molar-refractivity contribution in [2.24, 2.45) is 0 Å². The summed E-state index contributed by atoms with van der Waals surface area (Å²) in [5, 5.41) is -1.19. The lowest BCUT2D eigenvalue weighted by Gasteiger charge is -2.11. The Labute approximate surface area is 123 Å². The summed E-state index contributed by atoms with van der Waals surface area (Å²) < 4.78 is 49.9. The molecule has 0 fully saturated rings. The van der Waals surface area contributed by atoms with E-state index in [1.54, 1.807) is 37.3 Å². The third-order valence-electron chi connectivity index (χ3n) is 3.57. The Morgan fingerprint density at radius 3 is 2.57 bits per heavy atom. The van der Waals surface area contributed by atoms with Gasteiger partial charge in [-0.05, 0) is 30.2 Å². The minimum absolute atomic E-state index is 0.0976. The van der Waals surface area contributed by atoms with Crippen molar-refractivity contribution < 1.29 is 16.8 Å². The average Bonchev–Trinajstić information content (AvgIpc) is 2.73. The van der Waals surface area contributed by atoms with E-state index in [0.717, 1.165) is 0 Å². The second kappa shape index (κ2) is 4.64. The largest absolute Gasteiger partial charge is 0.245 e. The van der Waals surface area contributed by atoms with Gasteiger partial charge in [0.15, 0.2) is 14.9 Å². The lowest BCUT2D eigenvalue weighted by Crippen LogP contribution is -2.16. The molecule has 1 aromatic carbocycles. The smallest absolute Gasteiger partial charge is 0.203 e. The number of aromatic nitrogens is 1. The third kappa shape index (κ3) is 2.16. The van der Waals surface area contributed by atoms with Crippen molar-refractivity contribution in [3.8, 4) is 0 Å². The minimum atomic E-state index is -3.83. The van der Waals surface area contributed by atoms with Crippen LogP contribution in [0.25, 0.3) is 0 Å². The molecule has 1 aliphatic rings. The van der Waals surface area contributed by atoms with E-state index in [1.807, 2.05) is 0 Å². The molecule has 3 rings (SSSR count). The van der Waals surface area contributed by atoms with E-state index < -0.39 is 30.7 Å². The first kappa shape index (κ1) is 14.2. The molecule has 0 amide bonds. The minimum Gasteiger partial charge on any atom is -0.245 e. The maximum atomic E-state index is 12.7. The van der Waals surface area contributed by atoms with Gasteiger partial charge < -0.3 is 0 Å². The summed E-state index contributed by atoms with van der Waals surface area (Å²) in [6.07, 6.45) is 1.38. The highest BCUT2D eigenvalue weighted by molar-refractivity contribution is 7.96. The fraction of sp³-hybridized carbons (Fsp3) is 0.214. The van der Waals surface area contributed by atoms with Crippen molar-refractivity contribution in [3.05, 3.63) is 53.7 Å². The summed E-state index contributed by atoms with van der Waals surface area (Å²) in [5.41, 5.74) is 0.923. The number of fused-ring (bicyclic) bond motifs is 1. The van der Waals surface area contributed by atoms with Gasteiger partial charge in [-0.1, -0.05) is 24.3 Å². The quantitative estimate of drug-likeness (QED) is 0.840. The normalized spacial score (nSPS) is 20.1. The van der Waals surface area contributed by atoms with Gasteiger partial charge >= 0.3 is 0 Å². The summed E-state index contributed by atoms with van der Waals surface area (Å²) in [7, 11) is -7.41. The number of nitrogens with zero attached hydrogens (tertiary/aromatic N) is 1. The van der Waals surface area contributed by atoms with Gasteiger partial charge in [-0.25, -0.2) is 21.8 Å². The predicted molar refractivity (Wildman–Crippen MR) is 77.4 cm³/mol. The van der Waals surface area contributed by atoms with Crippen LogP contribution in [0.5, 0.6) is 0 Å². The molecule has 1 aromatic heterocycles. The number of sulfone groups is 2. The number of hydrogen-bond donors (Lipinski definition) is 0. The van der Waals surface area contributed by atoms with Gasteiger partial charge in [-0.3, -0.25) is 0 Å². The first-order valence-electron chi connectivity index (χ1n) is 6.31. The van der Waals surface area contributed by atoms with Crippen molar-refractivity contribution in [1.82, 2.24) is 4.98 Å². The zero-order valence-electron chi connectivity index (χ0n) is 11.2. The molecule has 110 valence electrons. The Kier molecular flexibility index (Phi) is 3.14. The molecule has 21 heavy (non-hydrogen) atoms. The van der Waals surface area contributed by atoms with Crippen LogP contribution in [0.2, 0.25) is 0 Å². The number of rotatable bonds is 2. The van der Waals surface area contributed by atoms with Crippen molar-refractivity contribution in [3.63, 3.8) is 0 Å². The molecular formula is C14H13NO4S2. The Morgan fingerprint density at radius 1 is 1.14 bits per heavy atom. The van der Waals surface area contributed by atoms with Crippen LogP contribution in [0.3, 0.4) is 0 Å². The number of benzene rings is 1. The van der Waals surface area contributed by atoms with Crippen LogP contribution in [-0.4, -0.2) is 27.6 Å². The van der Waals surface area contributed by atoms with Gasteiger partial charge in [0.1, 0.15) is 5.25 Å². The van der Waals surface area contributed by atoms with Crippen LogP contribution < -0.4 is 0 Å². The molecule has 0 spiro atoms. The van der Waals surface area contributed by atoms with Crippen LogP contribution in [-0.2, 0) is 19.7 Å². The molecule has 0 saturated heterocycles. The Bertz CT molecular complexity index is 903. The molecule has 5 nitrogen and oxygen atoms in total. The van der Waals surface area contributed by atoms with E-state index >= 15 is 0 Å². The highest BCUT2D eigenvalue weighted by Crippen LogP contribution is 2.41. The second-order valence-corrected chi connectivity index (χ2v) is 9.02. The fourth-order valence-corrected chi connectivity index (χ4v) is 7.14. The number of pyridine rings is 1. The van der Waals surface area contributed by atoms with Gasteiger partial charge in [-0.2, -0.15) is 0 Å². The van der Waals surface area contributed by atoms with Gasteiger partial charge in [0, 0.05) is 6.20 Å². The van der Waals surface area contributed by atoms with Gasteiger partial charge in [0.2, 0.25) is 9.84 Å². The van der Waals surface area contributed by atoms with Crippen molar-refractivity contribution in [2.45, 2.75) is 22.1 Å². The number of aryl methyl sites for hydroxylation is 1. The van der Waals surface area contributed by atoms with Gasteiger partial charge in [0.25, 0.3) is 0 Å². The maximum absolute atomic E-state index is 12.7. The molecule has 0 radical (unpaired) electrons. The van der Waals surface area contributed by atoms with Gasteiger partial charge in [-0.15, -0.1) is 0 Å². The Balaban J connectivity index is 2.23. The molecule has 0 saturated carbocycles. The number of hydrogen-bond acceptors (Lipinski definition) is 5. The standard InChI is InChI=1S/C14H13NO4S2/c1-10-5-4-6-11-12(9-20(16,17)14(10)11)21(18,19)13-7-2-3-8-15-13/h2-8,12H,9H2,1H3. The summed E-state index contributed by atoms with van der Waals surface area (Å²) >= 11 is 0. The lowest BCUT2D eigenvalue weighted by atomic mass is 10.1. The van der Waals surface area contributed by atoms with E-state index in [1.165, 1.54) is 12.3 Å². The summed E-state index contributed by atoms with van der Waals surface area (Å²) in [6, 6.07) is 9.48. The first-order chi connectivity index (χ1) is 9.84. The Morgan fingerprint density at radius 2 is 1.90 bits per heavy atom. The monoisotopic (exact) mass is 323 g/mol.